The predicted molar refractivity (Wildman–Crippen MR) is 99.9 cm³/mol. The summed E-state index contributed by atoms with van der Waals surface area (Å²) in [6.07, 6.45) is 4.42. The van der Waals surface area contributed by atoms with Crippen molar-refractivity contribution in [3.05, 3.63) is 36.0 Å². The Bertz CT molecular complexity index is 1030. The number of halogens is 2. The van der Waals surface area contributed by atoms with Gasteiger partial charge in [-0.3, -0.25) is 0 Å². The van der Waals surface area contributed by atoms with Crippen LogP contribution in [0.5, 0.6) is 5.75 Å². The Morgan fingerprint density at radius 1 is 1.25 bits per heavy atom. The highest BCUT2D eigenvalue weighted by Gasteiger charge is 2.30. The summed E-state index contributed by atoms with van der Waals surface area (Å²) in [5.41, 5.74) is 2.02. The summed E-state index contributed by atoms with van der Waals surface area (Å²) >= 11 is 0. The Morgan fingerprint density at radius 3 is 2.82 bits per heavy atom. The fourth-order valence-electron chi connectivity index (χ4n) is 3.57. The zero-order valence-electron chi connectivity index (χ0n) is 15.3. The van der Waals surface area contributed by atoms with Gasteiger partial charge in [-0.15, -0.1) is 0 Å². The van der Waals surface area contributed by atoms with Crippen LogP contribution in [0, 0.1) is 5.82 Å². The van der Waals surface area contributed by atoms with E-state index in [9.17, 15) is 8.78 Å². The first kappa shape index (κ1) is 17.3. The molecule has 5 rings (SSSR count). The maximum absolute atomic E-state index is 14.6. The number of nitrogens with zero attached hydrogens (tertiary/aromatic N) is 4. The van der Waals surface area contributed by atoms with Crippen LogP contribution in [0.3, 0.4) is 0 Å². The van der Waals surface area contributed by atoms with Crippen LogP contribution in [-0.2, 0) is 0 Å². The molecule has 0 amide bonds. The van der Waals surface area contributed by atoms with Crippen LogP contribution >= 0.6 is 0 Å². The second-order valence-electron chi connectivity index (χ2n) is 7.25. The van der Waals surface area contributed by atoms with E-state index in [0.29, 0.717) is 41.8 Å². The molecule has 0 unspecified atom stereocenters. The number of fused-ring (bicyclic) bond motifs is 1. The summed E-state index contributed by atoms with van der Waals surface area (Å²) in [5.74, 6) is 0.983. The fraction of sp³-hybridized carbons (Fsp3) is 0.421. The average molecular weight is 386 g/mol. The van der Waals surface area contributed by atoms with Crippen molar-refractivity contribution in [3.8, 4) is 17.0 Å². The van der Waals surface area contributed by atoms with Crippen LogP contribution in [0.4, 0.5) is 14.6 Å². The van der Waals surface area contributed by atoms with E-state index >= 15 is 0 Å². The van der Waals surface area contributed by atoms with Crippen LogP contribution in [0.1, 0.15) is 24.5 Å². The molecule has 0 bridgehead atoms. The van der Waals surface area contributed by atoms with Gasteiger partial charge in [-0.05, 0) is 25.0 Å². The number of rotatable bonds is 5. The van der Waals surface area contributed by atoms with Gasteiger partial charge in [0.25, 0.3) is 0 Å². The van der Waals surface area contributed by atoms with E-state index in [1.807, 2.05) is 0 Å². The Labute approximate surface area is 160 Å². The summed E-state index contributed by atoms with van der Waals surface area (Å²) in [7, 11) is 1.60. The fourth-order valence-corrected chi connectivity index (χ4v) is 3.57. The topological polar surface area (TPSA) is 76.4 Å². The van der Waals surface area contributed by atoms with Crippen molar-refractivity contribution in [1.29, 1.82) is 0 Å². The molecule has 2 fully saturated rings. The lowest BCUT2D eigenvalue weighted by molar-refractivity contribution is 0.342. The van der Waals surface area contributed by atoms with E-state index in [4.69, 9.17) is 9.72 Å². The van der Waals surface area contributed by atoms with E-state index < -0.39 is 18.0 Å². The molecule has 3 aromatic heterocycles. The molecule has 1 aliphatic heterocycles. The number of aromatic nitrogens is 4. The number of nitrogens with one attached hydrogen (secondary N) is 2. The van der Waals surface area contributed by atoms with Gasteiger partial charge in [0.05, 0.1) is 36.8 Å². The van der Waals surface area contributed by atoms with E-state index in [2.05, 4.69) is 20.7 Å². The highest BCUT2D eigenvalue weighted by Crippen LogP contribution is 2.43. The highest BCUT2D eigenvalue weighted by molar-refractivity contribution is 5.76. The molecule has 2 N–H and O–H groups in total. The van der Waals surface area contributed by atoms with Crippen molar-refractivity contribution < 1.29 is 13.5 Å². The molecule has 0 spiro atoms. The quantitative estimate of drug-likeness (QED) is 0.702. The molecule has 3 aromatic rings. The Hall–Kier alpha value is -2.81. The largest absolute Gasteiger partial charge is 0.493 e. The van der Waals surface area contributed by atoms with Crippen LogP contribution in [0.15, 0.2) is 24.5 Å². The van der Waals surface area contributed by atoms with Crippen molar-refractivity contribution in [2.45, 2.75) is 31.0 Å². The lowest BCUT2D eigenvalue weighted by Crippen LogP contribution is -2.29. The molecule has 146 valence electrons. The van der Waals surface area contributed by atoms with Crippen LogP contribution < -0.4 is 15.4 Å². The molecule has 4 heterocycles. The van der Waals surface area contributed by atoms with Crippen molar-refractivity contribution in [3.63, 3.8) is 0 Å². The summed E-state index contributed by atoms with van der Waals surface area (Å²) in [6.45, 7) is 0.799. The minimum absolute atomic E-state index is 0.140. The maximum atomic E-state index is 14.6. The third-order valence-corrected chi connectivity index (χ3v) is 5.25. The number of hydrogen-bond donors (Lipinski definition) is 2. The third kappa shape index (κ3) is 2.95. The molecule has 0 radical (unpaired) electrons. The molecule has 1 saturated heterocycles. The standard InChI is InChI=1S/C19H20F2N6O/c1-28-15-9-27-19(26-17(15)10-2-3-10)11(6-23-27)18-12(20)4-5-16(25-18)24-14-8-22-7-13(14)21/h4-6,9-10,13-14,22H,2-3,7-8H2,1H3,(H,24,25)/t13-,14-/m0/s1. The first-order valence-electron chi connectivity index (χ1n) is 9.34. The SMILES string of the molecule is COc1cn2ncc(-c3nc(N[C@H]4CNC[C@@H]4F)ccc3F)c2nc1C1CC1. The minimum Gasteiger partial charge on any atom is -0.493 e. The second-order valence-corrected chi connectivity index (χ2v) is 7.25. The predicted octanol–water partition coefficient (Wildman–Crippen LogP) is 2.54. The number of anilines is 1. The molecule has 2 aliphatic rings. The molecule has 1 saturated carbocycles. The second kappa shape index (κ2) is 6.66. The monoisotopic (exact) mass is 386 g/mol. The number of alkyl halides is 1. The lowest BCUT2D eigenvalue weighted by Gasteiger charge is -2.15. The van der Waals surface area contributed by atoms with Gasteiger partial charge in [0.1, 0.15) is 23.5 Å². The number of ether oxygens (including phenoxy) is 1. The van der Waals surface area contributed by atoms with Gasteiger partial charge in [-0.2, -0.15) is 5.10 Å². The van der Waals surface area contributed by atoms with Gasteiger partial charge in [0.15, 0.2) is 11.4 Å². The molecular formula is C19H20F2N6O. The molecule has 2 atom stereocenters. The van der Waals surface area contributed by atoms with Gasteiger partial charge < -0.3 is 15.4 Å². The zero-order valence-corrected chi connectivity index (χ0v) is 15.3. The highest BCUT2D eigenvalue weighted by atomic mass is 19.1. The summed E-state index contributed by atoms with van der Waals surface area (Å²) in [6, 6.07) is 2.45. The van der Waals surface area contributed by atoms with E-state index in [-0.39, 0.29) is 5.69 Å². The Balaban J connectivity index is 1.55. The molecule has 1 aliphatic carbocycles. The molecule has 7 nitrogen and oxygen atoms in total. The Kier molecular flexibility index (Phi) is 4.12. The number of hydrogen-bond acceptors (Lipinski definition) is 6. The lowest BCUT2D eigenvalue weighted by atomic mass is 10.2. The van der Waals surface area contributed by atoms with E-state index in [0.717, 1.165) is 18.5 Å². The van der Waals surface area contributed by atoms with Gasteiger partial charge >= 0.3 is 0 Å². The number of pyridine rings is 1. The van der Waals surface area contributed by atoms with E-state index in [1.165, 1.54) is 12.1 Å². The smallest absolute Gasteiger partial charge is 0.165 e. The van der Waals surface area contributed by atoms with Crippen molar-refractivity contribution in [1.82, 2.24) is 24.9 Å². The molecule has 9 heteroatoms. The molecule has 28 heavy (non-hydrogen) atoms. The van der Waals surface area contributed by atoms with Crippen molar-refractivity contribution >= 4 is 11.5 Å². The molecular weight excluding hydrogens is 366 g/mol. The van der Waals surface area contributed by atoms with Crippen LogP contribution in [0.2, 0.25) is 0 Å². The number of methoxy groups -OCH3 is 1. The van der Waals surface area contributed by atoms with Crippen molar-refractivity contribution in [2.24, 2.45) is 0 Å². The van der Waals surface area contributed by atoms with Crippen LogP contribution in [0.25, 0.3) is 16.9 Å². The summed E-state index contributed by atoms with van der Waals surface area (Å²) in [4.78, 5) is 9.10. The van der Waals surface area contributed by atoms with Crippen molar-refractivity contribution in [2.75, 3.05) is 25.5 Å². The van der Waals surface area contributed by atoms with Gasteiger partial charge in [0, 0.05) is 19.0 Å². The summed E-state index contributed by atoms with van der Waals surface area (Å²) in [5, 5.41) is 10.3. The normalized spacial score (nSPS) is 22.0. The average Bonchev–Trinajstić information content (AvgIpc) is 3.35. The van der Waals surface area contributed by atoms with Crippen LogP contribution in [-0.4, -0.2) is 52.0 Å². The van der Waals surface area contributed by atoms with Gasteiger partial charge in [-0.1, -0.05) is 0 Å². The van der Waals surface area contributed by atoms with Gasteiger partial charge in [0.2, 0.25) is 0 Å². The minimum atomic E-state index is -1.01. The molecule has 0 aromatic carbocycles. The first-order chi connectivity index (χ1) is 13.6. The zero-order chi connectivity index (χ0) is 19.3. The first-order valence-corrected chi connectivity index (χ1v) is 9.34. The Morgan fingerprint density at radius 2 is 2.11 bits per heavy atom. The third-order valence-electron chi connectivity index (χ3n) is 5.25. The van der Waals surface area contributed by atoms with Gasteiger partial charge in [-0.25, -0.2) is 23.3 Å². The van der Waals surface area contributed by atoms with E-state index in [1.54, 1.807) is 24.0 Å². The maximum Gasteiger partial charge on any atom is 0.165 e. The summed E-state index contributed by atoms with van der Waals surface area (Å²) < 4.78 is 35.5.